The number of hydrogen-bond acceptors (Lipinski definition) is 3. The van der Waals surface area contributed by atoms with E-state index in [1.54, 1.807) is 0 Å². The average molecular weight is 353 g/mol. The van der Waals surface area contributed by atoms with E-state index in [-0.39, 0.29) is 0 Å². The highest BCUT2D eigenvalue weighted by molar-refractivity contribution is 7.09. The molecular weight excluding hydrogens is 316 g/mol. The van der Waals surface area contributed by atoms with E-state index >= 15 is 0 Å². The predicted molar refractivity (Wildman–Crippen MR) is 108 cm³/mol. The monoisotopic (exact) mass is 352 g/mol. The molecule has 0 saturated heterocycles. The highest BCUT2D eigenvalue weighted by Gasteiger charge is 2.05. The summed E-state index contributed by atoms with van der Waals surface area (Å²) in [5.74, 6) is 1.54. The molecule has 1 unspecified atom stereocenters. The van der Waals surface area contributed by atoms with Crippen molar-refractivity contribution in [2.75, 3.05) is 40.8 Å². The van der Waals surface area contributed by atoms with Gasteiger partial charge in [0.2, 0.25) is 0 Å². The van der Waals surface area contributed by atoms with Crippen LogP contribution in [0.5, 0.6) is 0 Å². The van der Waals surface area contributed by atoms with Crippen molar-refractivity contribution < 1.29 is 0 Å². The van der Waals surface area contributed by atoms with Crippen LogP contribution in [0.2, 0.25) is 0 Å². The first-order valence-electron chi connectivity index (χ1n) is 9.23. The van der Waals surface area contributed by atoms with E-state index in [1.165, 1.54) is 43.5 Å². The molecule has 0 spiro atoms. The maximum Gasteiger partial charge on any atom is 0.190 e. The Morgan fingerprint density at radius 2 is 1.92 bits per heavy atom. The fourth-order valence-corrected chi connectivity index (χ4v) is 3.50. The van der Waals surface area contributed by atoms with Crippen molar-refractivity contribution in [1.29, 1.82) is 0 Å². The normalized spacial score (nSPS) is 13.3. The summed E-state index contributed by atoms with van der Waals surface area (Å²) in [5.41, 5.74) is 0. The van der Waals surface area contributed by atoms with Gasteiger partial charge in [0.25, 0.3) is 0 Å². The fourth-order valence-electron chi connectivity index (χ4n) is 2.63. The van der Waals surface area contributed by atoms with E-state index in [0.717, 1.165) is 25.5 Å². The van der Waals surface area contributed by atoms with Crippen LogP contribution in [0, 0.1) is 5.92 Å². The van der Waals surface area contributed by atoms with Gasteiger partial charge in [-0.1, -0.05) is 32.3 Å². The number of aliphatic imine (C=N–C) groups is 1. The van der Waals surface area contributed by atoms with Gasteiger partial charge in [0.15, 0.2) is 5.96 Å². The summed E-state index contributed by atoms with van der Waals surface area (Å²) in [4.78, 5) is 8.04. The van der Waals surface area contributed by atoms with Crippen molar-refractivity contribution >= 4 is 17.3 Å². The van der Waals surface area contributed by atoms with Crippen LogP contribution >= 0.6 is 11.3 Å². The van der Waals surface area contributed by atoms with Gasteiger partial charge in [-0.25, -0.2) is 0 Å². The summed E-state index contributed by atoms with van der Waals surface area (Å²) in [7, 11) is 6.13. The molecule has 5 heteroatoms. The number of thiophene rings is 1. The lowest BCUT2D eigenvalue weighted by molar-refractivity contribution is 0.389. The van der Waals surface area contributed by atoms with E-state index in [2.05, 4.69) is 59.1 Å². The molecule has 1 rings (SSSR count). The van der Waals surface area contributed by atoms with Gasteiger partial charge in [-0.05, 0) is 57.3 Å². The molecule has 0 aliphatic heterocycles. The molecule has 1 aromatic heterocycles. The Morgan fingerprint density at radius 3 is 2.58 bits per heavy atom. The number of guanidine groups is 1. The molecule has 4 nitrogen and oxygen atoms in total. The fraction of sp³-hybridized carbons (Fsp3) is 0.737. The van der Waals surface area contributed by atoms with Gasteiger partial charge in [-0.3, -0.25) is 4.99 Å². The summed E-state index contributed by atoms with van der Waals surface area (Å²) in [6, 6.07) is 4.34. The van der Waals surface area contributed by atoms with Crippen LogP contribution in [0.15, 0.2) is 22.5 Å². The van der Waals surface area contributed by atoms with Gasteiger partial charge in [0.1, 0.15) is 0 Å². The second-order valence-corrected chi connectivity index (χ2v) is 7.87. The molecule has 0 aromatic carbocycles. The van der Waals surface area contributed by atoms with Crippen molar-refractivity contribution in [1.82, 2.24) is 15.5 Å². The molecular formula is C19H36N4S. The predicted octanol–water partition coefficient (Wildman–Crippen LogP) is 3.60. The number of hydrogen-bond donors (Lipinski definition) is 2. The van der Waals surface area contributed by atoms with Gasteiger partial charge < -0.3 is 15.5 Å². The first-order chi connectivity index (χ1) is 11.6. The Morgan fingerprint density at radius 1 is 1.17 bits per heavy atom. The first kappa shape index (κ1) is 21.0. The Hall–Kier alpha value is -1.07. The maximum absolute atomic E-state index is 4.32. The highest BCUT2D eigenvalue weighted by Crippen LogP contribution is 2.13. The van der Waals surface area contributed by atoms with Crippen LogP contribution in [0.4, 0.5) is 0 Å². The molecule has 0 fully saturated rings. The summed E-state index contributed by atoms with van der Waals surface area (Å²) in [5, 5.41) is 9.02. The summed E-state index contributed by atoms with van der Waals surface area (Å²) < 4.78 is 0. The molecule has 0 aliphatic rings. The number of rotatable bonds is 12. The Bertz CT molecular complexity index is 429. The lowest BCUT2D eigenvalue weighted by Gasteiger charge is -2.15. The molecule has 1 aromatic rings. The first-order valence-corrected chi connectivity index (χ1v) is 10.1. The standard InChI is InChI=1S/C19H36N4S/c1-17(15-18-11-10-14-24-18)16-22-19(20-2)21-12-8-6-5-7-9-13-23(3)4/h10-11,14,17H,5-9,12-13,15-16H2,1-4H3,(H2,20,21,22). The molecule has 0 amide bonds. The second kappa shape index (κ2) is 13.2. The van der Waals surface area contributed by atoms with Crippen LogP contribution in [-0.2, 0) is 6.42 Å². The minimum absolute atomic E-state index is 0.610. The third-order valence-electron chi connectivity index (χ3n) is 4.05. The van der Waals surface area contributed by atoms with Crippen molar-refractivity contribution in [2.45, 2.75) is 45.4 Å². The molecule has 138 valence electrons. The third-order valence-corrected chi connectivity index (χ3v) is 4.94. The van der Waals surface area contributed by atoms with E-state index in [4.69, 9.17) is 0 Å². The molecule has 24 heavy (non-hydrogen) atoms. The average Bonchev–Trinajstić information content (AvgIpc) is 3.05. The second-order valence-electron chi connectivity index (χ2n) is 6.84. The molecule has 0 bridgehead atoms. The van der Waals surface area contributed by atoms with Crippen molar-refractivity contribution in [3.63, 3.8) is 0 Å². The SMILES string of the molecule is CN=C(NCCCCCCCN(C)C)NCC(C)Cc1cccs1. The molecule has 0 radical (unpaired) electrons. The van der Waals surface area contributed by atoms with Crippen LogP contribution in [-0.4, -0.2) is 51.6 Å². The van der Waals surface area contributed by atoms with Crippen LogP contribution in [0.1, 0.15) is 43.9 Å². The smallest absolute Gasteiger partial charge is 0.190 e. The van der Waals surface area contributed by atoms with Gasteiger partial charge >= 0.3 is 0 Å². The van der Waals surface area contributed by atoms with E-state index in [9.17, 15) is 0 Å². The summed E-state index contributed by atoms with van der Waals surface area (Å²) in [6.07, 6.45) is 7.63. The van der Waals surface area contributed by atoms with E-state index in [1.807, 2.05) is 18.4 Å². The number of unbranched alkanes of at least 4 members (excludes halogenated alkanes) is 4. The van der Waals surface area contributed by atoms with Crippen LogP contribution < -0.4 is 10.6 Å². The summed E-state index contributed by atoms with van der Waals surface area (Å²) >= 11 is 1.84. The third kappa shape index (κ3) is 10.7. The largest absolute Gasteiger partial charge is 0.356 e. The zero-order chi connectivity index (χ0) is 17.6. The minimum Gasteiger partial charge on any atom is -0.356 e. The van der Waals surface area contributed by atoms with E-state index < -0.39 is 0 Å². The molecule has 0 saturated carbocycles. The Balaban J connectivity index is 2.02. The Labute approximate surface area is 152 Å². The van der Waals surface area contributed by atoms with Crippen molar-refractivity contribution in [2.24, 2.45) is 10.9 Å². The van der Waals surface area contributed by atoms with Crippen LogP contribution in [0.25, 0.3) is 0 Å². The summed E-state index contributed by atoms with van der Waals surface area (Å²) in [6.45, 7) is 5.46. The van der Waals surface area contributed by atoms with E-state index in [0.29, 0.717) is 5.92 Å². The quantitative estimate of drug-likeness (QED) is 0.343. The number of nitrogens with one attached hydrogen (secondary N) is 2. The van der Waals surface area contributed by atoms with Gasteiger partial charge in [0.05, 0.1) is 0 Å². The molecule has 2 N–H and O–H groups in total. The minimum atomic E-state index is 0.610. The maximum atomic E-state index is 4.32. The van der Waals surface area contributed by atoms with Crippen molar-refractivity contribution in [3.8, 4) is 0 Å². The van der Waals surface area contributed by atoms with Crippen molar-refractivity contribution in [3.05, 3.63) is 22.4 Å². The topological polar surface area (TPSA) is 39.7 Å². The van der Waals surface area contributed by atoms with Gasteiger partial charge in [-0.15, -0.1) is 11.3 Å². The van der Waals surface area contributed by atoms with Crippen LogP contribution in [0.3, 0.4) is 0 Å². The van der Waals surface area contributed by atoms with Gasteiger partial charge in [-0.2, -0.15) is 0 Å². The highest BCUT2D eigenvalue weighted by atomic mass is 32.1. The molecule has 1 atom stereocenters. The van der Waals surface area contributed by atoms with Gasteiger partial charge in [0, 0.05) is 25.0 Å². The lowest BCUT2D eigenvalue weighted by Crippen LogP contribution is -2.40. The zero-order valence-electron chi connectivity index (χ0n) is 16.0. The molecule has 1 heterocycles. The number of nitrogens with zero attached hydrogens (tertiary/aromatic N) is 2. The Kier molecular flexibility index (Phi) is 11.6. The molecule has 0 aliphatic carbocycles. The zero-order valence-corrected chi connectivity index (χ0v) is 16.8. The lowest BCUT2D eigenvalue weighted by atomic mass is 10.1.